The second-order valence-electron chi connectivity index (χ2n) is 7.55. The molecule has 0 unspecified atom stereocenters. The quantitative estimate of drug-likeness (QED) is 0.680. The van der Waals surface area contributed by atoms with E-state index in [1.54, 1.807) is 4.52 Å². The lowest BCUT2D eigenvalue weighted by Crippen LogP contribution is -2.48. The van der Waals surface area contributed by atoms with Gasteiger partial charge in [-0.15, -0.1) is 5.10 Å². The van der Waals surface area contributed by atoms with Gasteiger partial charge in [-0.1, -0.05) is 30.3 Å². The highest BCUT2D eigenvalue weighted by molar-refractivity contribution is 5.90. The van der Waals surface area contributed by atoms with Crippen LogP contribution in [0.15, 0.2) is 36.4 Å². The van der Waals surface area contributed by atoms with E-state index in [2.05, 4.69) is 60.5 Å². The van der Waals surface area contributed by atoms with Gasteiger partial charge in [0.1, 0.15) is 0 Å². The summed E-state index contributed by atoms with van der Waals surface area (Å²) in [5, 5.41) is 7.21. The Kier molecular flexibility index (Phi) is 5.82. The number of carbonyl (C=O) groups excluding carboxylic acids is 1. The van der Waals surface area contributed by atoms with Gasteiger partial charge in [0.05, 0.1) is 0 Å². The number of carbonyl (C=O) groups is 1. The maximum absolute atomic E-state index is 12.4. The summed E-state index contributed by atoms with van der Waals surface area (Å²) in [5.74, 6) is 0.372. The standard InChI is InChI=1S/C21H27N7O/c1-16-14-17(2)28-21(23-16)24-19(25-28)20(29)22-8-9-26-10-12-27(13-11-26)15-18-6-4-3-5-7-18/h3-7,14H,8-13,15H2,1-2H3,(H,22,29). The van der Waals surface area contributed by atoms with Crippen molar-refractivity contribution in [2.75, 3.05) is 39.3 Å². The summed E-state index contributed by atoms with van der Waals surface area (Å²) in [4.78, 5) is 25.8. The van der Waals surface area contributed by atoms with E-state index in [-0.39, 0.29) is 11.7 Å². The van der Waals surface area contributed by atoms with Gasteiger partial charge in [-0.2, -0.15) is 4.98 Å². The molecule has 2 aromatic heterocycles. The fraction of sp³-hybridized carbons (Fsp3) is 0.429. The zero-order valence-corrected chi connectivity index (χ0v) is 17.0. The molecule has 0 radical (unpaired) electrons. The highest BCUT2D eigenvalue weighted by Crippen LogP contribution is 2.08. The molecule has 1 N–H and O–H groups in total. The van der Waals surface area contributed by atoms with Crippen LogP contribution in [-0.4, -0.2) is 74.6 Å². The van der Waals surface area contributed by atoms with E-state index in [1.807, 2.05) is 19.9 Å². The van der Waals surface area contributed by atoms with Gasteiger partial charge >= 0.3 is 0 Å². The molecule has 1 aliphatic heterocycles. The Labute approximate surface area is 170 Å². The van der Waals surface area contributed by atoms with E-state index in [0.29, 0.717) is 12.3 Å². The van der Waals surface area contributed by atoms with Crippen molar-refractivity contribution in [3.63, 3.8) is 0 Å². The second kappa shape index (κ2) is 8.67. The van der Waals surface area contributed by atoms with Crippen LogP contribution in [-0.2, 0) is 6.54 Å². The van der Waals surface area contributed by atoms with Gasteiger partial charge in [0, 0.05) is 57.2 Å². The number of aryl methyl sites for hydroxylation is 2. The average molecular weight is 393 g/mol. The Morgan fingerprint density at radius 2 is 1.76 bits per heavy atom. The third-order valence-corrected chi connectivity index (χ3v) is 5.25. The lowest BCUT2D eigenvalue weighted by molar-refractivity contribution is 0.0924. The molecule has 1 fully saturated rings. The van der Waals surface area contributed by atoms with Gasteiger partial charge < -0.3 is 5.32 Å². The molecule has 3 heterocycles. The molecule has 0 spiro atoms. The molecule has 1 amide bonds. The molecular formula is C21H27N7O. The largest absolute Gasteiger partial charge is 0.348 e. The van der Waals surface area contributed by atoms with Gasteiger partial charge in [0.25, 0.3) is 11.7 Å². The van der Waals surface area contributed by atoms with Crippen molar-refractivity contribution in [3.8, 4) is 0 Å². The summed E-state index contributed by atoms with van der Waals surface area (Å²) in [5.41, 5.74) is 3.13. The number of amides is 1. The van der Waals surface area contributed by atoms with E-state index in [1.165, 1.54) is 5.56 Å². The van der Waals surface area contributed by atoms with Crippen molar-refractivity contribution in [2.24, 2.45) is 0 Å². The molecule has 1 aromatic carbocycles. The Hall–Kier alpha value is -2.84. The number of hydrogen-bond donors (Lipinski definition) is 1. The molecule has 1 saturated heterocycles. The third kappa shape index (κ3) is 4.78. The minimum Gasteiger partial charge on any atom is -0.348 e. The van der Waals surface area contributed by atoms with Crippen LogP contribution in [0.3, 0.4) is 0 Å². The SMILES string of the molecule is Cc1cc(C)n2nc(C(=O)NCCN3CCN(Cc4ccccc4)CC3)nc2n1. The summed E-state index contributed by atoms with van der Waals surface area (Å²) in [6, 6.07) is 12.5. The maximum atomic E-state index is 12.4. The monoisotopic (exact) mass is 393 g/mol. The molecule has 4 rings (SSSR count). The van der Waals surface area contributed by atoms with Gasteiger partial charge in [0.15, 0.2) is 0 Å². The first-order chi connectivity index (χ1) is 14.1. The fourth-order valence-electron chi connectivity index (χ4n) is 3.68. The van der Waals surface area contributed by atoms with E-state index in [9.17, 15) is 4.79 Å². The van der Waals surface area contributed by atoms with E-state index < -0.39 is 0 Å². The van der Waals surface area contributed by atoms with Gasteiger partial charge in [-0.25, -0.2) is 9.50 Å². The first-order valence-corrected chi connectivity index (χ1v) is 10.1. The summed E-state index contributed by atoms with van der Waals surface area (Å²) in [6.07, 6.45) is 0. The van der Waals surface area contributed by atoms with Crippen molar-refractivity contribution in [2.45, 2.75) is 20.4 Å². The van der Waals surface area contributed by atoms with Gasteiger partial charge in [-0.3, -0.25) is 14.6 Å². The number of piperazine rings is 1. The molecule has 1 aliphatic rings. The van der Waals surface area contributed by atoms with Crippen LogP contribution >= 0.6 is 0 Å². The number of aromatic nitrogens is 4. The van der Waals surface area contributed by atoms with E-state index in [0.717, 1.165) is 50.7 Å². The molecule has 8 nitrogen and oxygen atoms in total. The molecule has 152 valence electrons. The Morgan fingerprint density at radius 1 is 1.03 bits per heavy atom. The smallest absolute Gasteiger partial charge is 0.291 e. The van der Waals surface area contributed by atoms with Crippen LogP contribution < -0.4 is 5.32 Å². The molecular weight excluding hydrogens is 366 g/mol. The highest BCUT2D eigenvalue weighted by Gasteiger charge is 2.18. The first kappa shape index (κ1) is 19.5. The fourth-order valence-corrected chi connectivity index (χ4v) is 3.68. The molecule has 0 atom stereocenters. The Balaban J connectivity index is 1.23. The summed E-state index contributed by atoms with van der Waals surface area (Å²) < 4.78 is 1.61. The van der Waals surface area contributed by atoms with Crippen molar-refractivity contribution < 1.29 is 4.79 Å². The van der Waals surface area contributed by atoms with Crippen LogP contribution in [0.4, 0.5) is 0 Å². The zero-order chi connectivity index (χ0) is 20.2. The lowest BCUT2D eigenvalue weighted by Gasteiger charge is -2.34. The maximum Gasteiger partial charge on any atom is 0.291 e. The Morgan fingerprint density at radius 3 is 2.52 bits per heavy atom. The topological polar surface area (TPSA) is 78.7 Å². The van der Waals surface area contributed by atoms with Crippen LogP contribution in [0.5, 0.6) is 0 Å². The number of fused-ring (bicyclic) bond motifs is 1. The van der Waals surface area contributed by atoms with Crippen LogP contribution in [0.1, 0.15) is 27.6 Å². The second-order valence-corrected chi connectivity index (χ2v) is 7.55. The molecule has 0 saturated carbocycles. The van der Waals surface area contributed by atoms with Crippen molar-refractivity contribution in [1.29, 1.82) is 0 Å². The normalized spacial score (nSPS) is 15.7. The van der Waals surface area contributed by atoms with Crippen molar-refractivity contribution in [3.05, 3.63) is 59.2 Å². The van der Waals surface area contributed by atoms with E-state index >= 15 is 0 Å². The summed E-state index contributed by atoms with van der Waals surface area (Å²) in [6.45, 7) is 10.3. The predicted octanol–water partition coefficient (Wildman–Crippen LogP) is 1.29. The molecule has 0 bridgehead atoms. The number of nitrogens with one attached hydrogen (secondary N) is 1. The van der Waals surface area contributed by atoms with Crippen LogP contribution in [0.2, 0.25) is 0 Å². The lowest BCUT2D eigenvalue weighted by atomic mass is 10.2. The predicted molar refractivity (Wildman–Crippen MR) is 111 cm³/mol. The number of rotatable bonds is 6. The van der Waals surface area contributed by atoms with Crippen molar-refractivity contribution >= 4 is 11.7 Å². The van der Waals surface area contributed by atoms with Crippen molar-refractivity contribution in [1.82, 2.24) is 34.7 Å². The Bertz CT molecular complexity index is 977. The van der Waals surface area contributed by atoms with Gasteiger partial charge in [-0.05, 0) is 25.5 Å². The first-order valence-electron chi connectivity index (χ1n) is 10.1. The highest BCUT2D eigenvalue weighted by atomic mass is 16.2. The number of nitrogens with zero attached hydrogens (tertiary/aromatic N) is 6. The van der Waals surface area contributed by atoms with Gasteiger partial charge in [0.2, 0.25) is 5.82 Å². The van der Waals surface area contributed by atoms with Crippen LogP contribution in [0, 0.1) is 13.8 Å². The minimum absolute atomic E-state index is 0.166. The van der Waals surface area contributed by atoms with Crippen LogP contribution in [0.25, 0.3) is 5.78 Å². The third-order valence-electron chi connectivity index (χ3n) is 5.25. The summed E-state index contributed by atoms with van der Waals surface area (Å²) >= 11 is 0. The zero-order valence-electron chi connectivity index (χ0n) is 17.0. The number of hydrogen-bond acceptors (Lipinski definition) is 6. The summed E-state index contributed by atoms with van der Waals surface area (Å²) in [7, 11) is 0. The average Bonchev–Trinajstić information content (AvgIpc) is 3.15. The van der Waals surface area contributed by atoms with E-state index in [4.69, 9.17) is 0 Å². The molecule has 8 heteroatoms. The number of benzene rings is 1. The molecule has 3 aromatic rings. The minimum atomic E-state index is -0.254. The molecule has 29 heavy (non-hydrogen) atoms. The molecule has 0 aliphatic carbocycles.